The average Bonchev–Trinajstić information content (AvgIpc) is 2.81. The van der Waals surface area contributed by atoms with Crippen LogP contribution in [0.15, 0.2) is 56.5 Å². The standard InChI is InChI=1S/C11H9NOS2/c13-15(11-7-4-8-14-11)12-9-10-5-2-1-3-6-10/h1-9H/b12-9+/t15-/m1/s1. The lowest BCUT2D eigenvalue weighted by Crippen LogP contribution is -1.85. The Balaban J connectivity index is 2.10. The Bertz CT molecular complexity index is 463. The van der Waals surface area contributed by atoms with Gasteiger partial charge in [0, 0.05) is 6.21 Å². The molecule has 0 aliphatic carbocycles. The molecular formula is C11H9NOS2. The van der Waals surface area contributed by atoms with Gasteiger partial charge in [-0.15, -0.1) is 11.3 Å². The van der Waals surface area contributed by atoms with Crippen LogP contribution < -0.4 is 0 Å². The summed E-state index contributed by atoms with van der Waals surface area (Å²) in [5.41, 5.74) is 0.961. The minimum atomic E-state index is -1.26. The predicted molar refractivity (Wildman–Crippen MR) is 64.8 cm³/mol. The Morgan fingerprint density at radius 2 is 1.93 bits per heavy atom. The van der Waals surface area contributed by atoms with Crippen LogP contribution in [0.5, 0.6) is 0 Å². The van der Waals surface area contributed by atoms with Gasteiger partial charge < -0.3 is 0 Å². The van der Waals surface area contributed by atoms with Crippen molar-refractivity contribution in [2.45, 2.75) is 4.21 Å². The molecule has 0 radical (unpaired) electrons. The van der Waals surface area contributed by atoms with Crippen LogP contribution in [0, 0.1) is 0 Å². The monoisotopic (exact) mass is 235 g/mol. The molecule has 0 aliphatic heterocycles. The van der Waals surface area contributed by atoms with E-state index < -0.39 is 11.0 Å². The Morgan fingerprint density at radius 3 is 2.60 bits per heavy atom. The lowest BCUT2D eigenvalue weighted by atomic mass is 10.2. The predicted octanol–water partition coefficient (Wildman–Crippen LogP) is 2.89. The van der Waals surface area contributed by atoms with E-state index in [9.17, 15) is 4.21 Å². The first kappa shape index (κ1) is 10.3. The quantitative estimate of drug-likeness (QED) is 0.752. The van der Waals surface area contributed by atoms with Crippen LogP contribution in [0.25, 0.3) is 0 Å². The maximum Gasteiger partial charge on any atom is 0.182 e. The van der Waals surface area contributed by atoms with Crippen LogP contribution >= 0.6 is 11.3 Å². The van der Waals surface area contributed by atoms with Crippen molar-refractivity contribution in [3.8, 4) is 0 Å². The number of rotatable bonds is 3. The molecule has 0 amide bonds. The zero-order valence-electron chi connectivity index (χ0n) is 7.87. The fraction of sp³-hybridized carbons (Fsp3) is 0. The Kier molecular flexibility index (Phi) is 3.42. The number of nitrogens with zero attached hydrogens (tertiary/aromatic N) is 1. The molecule has 4 heteroatoms. The highest BCUT2D eigenvalue weighted by atomic mass is 32.2. The summed E-state index contributed by atoms with van der Waals surface area (Å²) < 4.78 is 16.4. The fourth-order valence-corrected chi connectivity index (χ4v) is 2.65. The lowest BCUT2D eigenvalue weighted by molar-refractivity contribution is 0.686. The van der Waals surface area contributed by atoms with Gasteiger partial charge in [0.1, 0.15) is 4.21 Å². The Morgan fingerprint density at radius 1 is 1.13 bits per heavy atom. The molecule has 0 bridgehead atoms. The van der Waals surface area contributed by atoms with E-state index in [2.05, 4.69) is 4.40 Å². The van der Waals surface area contributed by atoms with Crippen LogP contribution in [0.4, 0.5) is 0 Å². The van der Waals surface area contributed by atoms with Gasteiger partial charge >= 0.3 is 0 Å². The zero-order chi connectivity index (χ0) is 10.5. The van der Waals surface area contributed by atoms with Gasteiger partial charge in [0.15, 0.2) is 11.0 Å². The summed E-state index contributed by atoms with van der Waals surface area (Å²) in [5, 5.41) is 1.89. The first-order chi connectivity index (χ1) is 7.36. The molecule has 1 atom stereocenters. The van der Waals surface area contributed by atoms with Crippen molar-refractivity contribution in [2.24, 2.45) is 4.40 Å². The maximum atomic E-state index is 11.6. The molecule has 0 N–H and O–H groups in total. The molecule has 2 nitrogen and oxygen atoms in total. The molecule has 0 fully saturated rings. The number of benzene rings is 1. The molecule has 1 heterocycles. The minimum absolute atomic E-state index is 0.780. The largest absolute Gasteiger partial charge is 0.229 e. The van der Waals surface area contributed by atoms with Crippen molar-refractivity contribution in [3.05, 3.63) is 53.4 Å². The summed E-state index contributed by atoms with van der Waals surface area (Å²) in [6, 6.07) is 13.3. The van der Waals surface area contributed by atoms with E-state index in [4.69, 9.17) is 0 Å². The summed E-state index contributed by atoms with van der Waals surface area (Å²) in [6.07, 6.45) is 1.63. The van der Waals surface area contributed by atoms with Gasteiger partial charge in [0.2, 0.25) is 0 Å². The highest BCUT2D eigenvalue weighted by molar-refractivity contribution is 7.86. The van der Waals surface area contributed by atoms with Crippen LogP contribution in [0.3, 0.4) is 0 Å². The number of thiophene rings is 1. The highest BCUT2D eigenvalue weighted by Gasteiger charge is 2.00. The highest BCUT2D eigenvalue weighted by Crippen LogP contribution is 2.14. The minimum Gasteiger partial charge on any atom is -0.229 e. The summed E-state index contributed by atoms with van der Waals surface area (Å²) in [5.74, 6) is 0. The first-order valence-corrected chi connectivity index (χ1v) is 6.39. The molecule has 2 aromatic rings. The molecular weight excluding hydrogens is 226 g/mol. The van der Waals surface area contributed by atoms with E-state index in [-0.39, 0.29) is 0 Å². The number of hydrogen-bond acceptors (Lipinski definition) is 2. The van der Waals surface area contributed by atoms with Crippen molar-refractivity contribution in [2.75, 3.05) is 0 Å². The zero-order valence-corrected chi connectivity index (χ0v) is 9.50. The molecule has 0 aliphatic rings. The van der Waals surface area contributed by atoms with E-state index in [1.807, 2.05) is 47.8 Å². The van der Waals surface area contributed by atoms with Gasteiger partial charge in [0.25, 0.3) is 0 Å². The van der Waals surface area contributed by atoms with Gasteiger partial charge in [-0.1, -0.05) is 36.4 Å². The van der Waals surface area contributed by atoms with Crippen LogP contribution in [-0.2, 0) is 11.0 Å². The van der Waals surface area contributed by atoms with Crippen LogP contribution in [0.1, 0.15) is 5.56 Å². The van der Waals surface area contributed by atoms with Gasteiger partial charge in [-0.05, 0) is 17.0 Å². The summed E-state index contributed by atoms with van der Waals surface area (Å²) in [4.78, 5) is 0. The van der Waals surface area contributed by atoms with Crippen LogP contribution in [0.2, 0.25) is 0 Å². The molecule has 0 saturated heterocycles. The van der Waals surface area contributed by atoms with E-state index in [1.54, 1.807) is 6.21 Å². The summed E-state index contributed by atoms with van der Waals surface area (Å²) >= 11 is 1.45. The van der Waals surface area contributed by atoms with Crippen molar-refractivity contribution in [1.29, 1.82) is 0 Å². The van der Waals surface area contributed by atoms with Gasteiger partial charge in [-0.25, -0.2) is 4.21 Å². The molecule has 0 unspecified atom stereocenters. The third-order valence-corrected chi connectivity index (χ3v) is 3.92. The second kappa shape index (κ2) is 5.00. The second-order valence-corrected chi connectivity index (χ2v) is 5.18. The average molecular weight is 235 g/mol. The second-order valence-electron chi connectivity index (χ2n) is 2.83. The van der Waals surface area contributed by atoms with Crippen molar-refractivity contribution >= 4 is 28.5 Å². The molecule has 1 aromatic heterocycles. The molecule has 1 aromatic carbocycles. The van der Waals surface area contributed by atoms with Gasteiger partial charge in [0.05, 0.1) is 0 Å². The molecule has 2 rings (SSSR count). The van der Waals surface area contributed by atoms with Gasteiger partial charge in [-0.3, -0.25) is 0 Å². The lowest BCUT2D eigenvalue weighted by Gasteiger charge is -1.91. The molecule has 0 saturated carbocycles. The smallest absolute Gasteiger partial charge is 0.182 e. The van der Waals surface area contributed by atoms with Crippen LogP contribution in [-0.4, -0.2) is 10.4 Å². The summed E-state index contributed by atoms with van der Waals surface area (Å²) in [7, 11) is -1.26. The number of hydrogen-bond donors (Lipinski definition) is 0. The third-order valence-electron chi connectivity index (χ3n) is 1.76. The fourth-order valence-electron chi connectivity index (χ4n) is 1.06. The maximum absolute atomic E-state index is 11.6. The molecule has 0 spiro atoms. The van der Waals surface area contributed by atoms with E-state index >= 15 is 0 Å². The van der Waals surface area contributed by atoms with E-state index in [0.29, 0.717) is 0 Å². The Hall–Kier alpha value is -1.26. The summed E-state index contributed by atoms with van der Waals surface area (Å²) in [6.45, 7) is 0. The normalized spacial score (nSPS) is 13.1. The van der Waals surface area contributed by atoms with Gasteiger partial charge in [-0.2, -0.15) is 4.40 Å². The molecule has 76 valence electrons. The topological polar surface area (TPSA) is 29.4 Å². The van der Waals surface area contributed by atoms with Crippen molar-refractivity contribution in [3.63, 3.8) is 0 Å². The SMILES string of the molecule is O=[S@@](/N=C/c1ccccc1)c1cccs1. The Labute approximate surface area is 94.9 Å². The van der Waals surface area contributed by atoms with E-state index in [1.165, 1.54) is 11.3 Å². The third kappa shape index (κ3) is 2.84. The molecule has 15 heavy (non-hydrogen) atoms. The van der Waals surface area contributed by atoms with Crippen molar-refractivity contribution < 1.29 is 4.21 Å². The van der Waals surface area contributed by atoms with Crippen molar-refractivity contribution in [1.82, 2.24) is 0 Å². The van der Waals surface area contributed by atoms with E-state index in [0.717, 1.165) is 9.77 Å². The first-order valence-electron chi connectivity index (χ1n) is 4.41.